The molecule has 0 aliphatic carbocycles. The minimum atomic E-state index is -0.496. The second kappa shape index (κ2) is 5.31. The summed E-state index contributed by atoms with van der Waals surface area (Å²) in [5, 5.41) is 0. The fraction of sp³-hybridized carbons (Fsp3) is 0.188. The van der Waals surface area contributed by atoms with Crippen LogP contribution in [0.1, 0.15) is 27.0 Å². The molecule has 0 amide bonds. The minimum absolute atomic E-state index is 0.0705. The fourth-order valence-electron chi connectivity index (χ4n) is 2.14. The number of ketones is 1. The number of carbonyl (C=O) groups is 1. The van der Waals surface area contributed by atoms with E-state index in [0.717, 1.165) is 5.56 Å². The Morgan fingerprint density at radius 1 is 1.05 bits per heavy atom. The molecule has 0 heterocycles. The first-order chi connectivity index (χ1) is 8.97. The summed E-state index contributed by atoms with van der Waals surface area (Å²) in [4.78, 5) is 12.1. The average molecular weight is 260 g/mol. The third-order valence-corrected chi connectivity index (χ3v) is 2.99. The highest BCUT2D eigenvalue weighted by molar-refractivity contribution is 5.99. The Labute approximate surface area is 110 Å². The molecule has 1 nitrogen and oxygen atoms in total. The van der Waals surface area contributed by atoms with Crippen molar-refractivity contribution in [2.24, 2.45) is 0 Å². The summed E-state index contributed by atoms with van der Waals surface area (Å²) in [6.45, 7) is 3.50. The first-order valence-corrected chi connectivity index (χ1v) is 6.02. The van der Waals surface area contributed by atoms with Crippen molar-refractivity contribution >= 4 is 5.78 Å². The van der Waals surface area contributed by atoms with Gasteiger partial charge >= 0.3 is 0 Å². The van der Waals surface area contributed by atoms with Crippen molar-refractivity contribution in [2.45, 2.75) is 20.3 Å². The van der Waals surface area contributed by atoms with Crippen LogP contribution in [0, 0.1) is 25.5 Å². The lowest BCUT2D eigenvalue weighted by Crippen LogP contribution is -2.09. The molecular weight excluding hydrogens is 246 g/mol. The van der Waals surface area contributed by atoms with Gasteiger partial charge in [-0.25, -0.2) is 8.78 Å². The molecule has 98 valence electrons. The summed E-state index contributed by atoms with van der Waals surface area (Å²) in [7, 11) is 0. The molecule has 0 unspecified atom stereocenters. The molecule has 19 heavy (non-hydrogen) atoms. The van der Waals surface area contributed by atoms with Gasteiger partial charge in [0.15, 0.2) is 5.78 Å². The maximum Gasteiger partial charge on any atom is 0.170 e. The fourth-order valence-corrected chi connectivity index (χ4v) is 2.14. The van der Waals surface area contributed by atoms with E-state index in [1.54, 1.807) is 19.9 Å². The van der Waals surface area contributed by atoms with Crippen molar-refractivity contribution in [1.82, 2.24) is 0 Å². The predicted molar refractivity (Wildman–Crippen MR) is 70.3 cm³/mol. The Hall–Kier alpha value is -2.03. The molecule has 0 aliphatic rings. The van der Waals surface area contributed by atoms with Crippen LogP contribution in [-0.4, -0.2) is 5.78 Å². The SMILES string of the molecule is Cc1cc(C)c(C(=O)Cc2ccc(F)cc2)c(F)c1. The number of carbonyl (C=O) groups excluding carboxylic acids is 1. The lowest BCUT2D eigenvalue weighted by atomic mass is 9.97. The molecule has 2 aromatic carbocycles. The summed E-state index contributed by atoms with van der Waals surface area (Å²) < 4.78 is 26.6. The number of halogens is 2. The van der Waals surface area contributed by atoms with Crippen molar-refractivity contribution in [2.75, 3.05) is 0 Å². The summed E-state index contributed by atoms with van der Waals surface area (Å²) in [5.41, 5.74) is 2.21. The van der Waals surface area contributed by atoms with Crippen LogP contribution in [0.5, 0.6) is 0 Å². The first kappa shape index (κ1) is 13.4. The zero-order chi connectivity index (χ0) is 14.0. The molecule has 2 rings (SSSR count). The van der Waals surface area contributed by atoms with Crippen molar-refractivity contribution in [3.8, 4) is 0 Å². The number of hydrogen-bond acceptors (Lipinski definition) is 1. The highest BCUT2D eigenvalue weighted by Gasteiger charge is 2.15. The Morgan fingerprint density at radius 3 is 2.26 bits per heavy atom. The molecule has 0 saturated heterocycles. The minimum Gasteiger partial charge on any atom is -0.294 e. The van der Waals surface area contributed by atoms with Gasteiger partial charge in [0.25, 0.3) is 0 Å². The lowest BCUT2D eigenvalue weighted by Gasteiger charge is -2.08. The van der Waals surface area contributed by atoms with Crippen LogP contribution in [0.3, 0.4) is 0 Å². The standard InChI is InChI=1S/C16H14F2O/c1-10-7-11(2)16(14(18)8-10)15(19)9-12-3-5-13(17)6-4-12/h3-8H,9H2,1-2H3. The number of benzene rings is 2. The van der Waals surface area contributed by atoms with Gasteiger partial charge in [-0.05, 0) is 48.7 Å². The summed E-state index contributed by atoms with van der Waals surface area (Å²) in [5.74, 6) is -1.14. The van der Waals surface area contributed by atoms with E-state index in [1.165, 1.54) is 30.3 Å². The van der Waals surface area contributed by atoms with Crippen molar-refractivity contribution in [1.29, 1.82) is 0 Å². The van der Waals surface area contributed by atoms with Gasteiger partial charge in [0.05, 0.1) is 5.56 Å². The topological polar surface area (TPSA) is 17.1 Å². The largest absolute Gasteiger partial charge is 0.294 e. The van der Waals surface area contributed by atoms with E-state index in [0.29, 0.717) is 11.1 Å². The van der Waals surface area contributed by atoms with Crippen molar-refractivity contribution in [3.63, 3.8) is 0 Å². The van der Waals surface area contributed by atoms with Gasteiger partial charge in [-0.15, -0.1) is 0 Å². The number of rotatable bonds is 3. The van der Waals surface area contributed by atoms with Crippen LogP contribution < -0.4 is 0 Å². The second-order valence-corrected chi connectivity index (χ2v) is 4.67. The Kier molecular flexibility index (Phi) is 3.74. The average Bonchev–Trinajstić information content (AvgIpc) is 2.30. The van der Waals surface area contributed by atoms with Crippen LogP contribution in [0.25, 0.3) is 0 Å². The van der Waals surface area contributed by atoms with Crippen LogP contribution >= 0.6 is 0 Å². The Balaban J connectivity index is 2.28. The summed E-state index contributed by atoms with van der Waals surface area (Å²) >= 11 is 0. The van der Waals surface area contributed by atoms with Gasteiger partial charge in [0.2, 0.25) is 0 Å². The molecule has 0 fully saturated rings. The normalized spacial score (nSPS) is 10.5. The second-order valence-electron chi connectivity index (χ2n) is 4.67. The molecule has 0 spiro atoms. The Morgan fingerprint density at radius 2 is 1.68 bits per heavy atom. The molecule has 2 aromatic rings. The maximum absolute atomic E-state index is 13.8. The summed E-state index contributed by atoms with van der Waals surface area (Å²) in [6.07, 6.45) is 0.0705. The molecule has 0 atom stereocenters. The van der Waals surface area contributed by atoms with Crippen LogP contribution in [0.2, 0.25) is 0 Å². The van der Waals surface area contributed by atoms with Crippen LogP contribution in [0.4, 0.5) is 8.78 Å². The smallest absolute Gasteiger partial charge is 0.170 e. The van der Waals surface area contributed by atoms with E-state index in [1.807, 2.05) is 0 Å². The number of aryl methyl sites for hydroxylation is 2. The van der Waals surface area contributed by atoms with Gasteiger partial charge in [0, 0.05) is 6.42 Å². The van der Waals surface area contributed by atoms with E-state index < -0.39 is 5.82 Å². The van der Waals surface area contributed by atoms with Crippen LogP contribution in [0.15, 0.2) is 36.4 Å². The maximum atomic E-state index is 13.8. The van der Waals surface area contributed by atoms with E-state index in [-0.39, 0.29) is 23.6 Å². The van der Waals surface area contributed by atoms with Crippen molar-refractivity contribution < 1.29 is 13.6 Å². The molecule has 0 radical (unpaired) electrons. The molecule has 0 aliphatic heterocycles. The molecule has 0 N–H and O–H groups in total. The number of Topliss-reactive ketones (excluding diaryl/α,β-unsaturated/α-hetero) is 1. The van der Waals surface area contributed by atoms with Gasteiger partial charge in [-0.3, -0.25) is 4.79 Å². The van der Waals surface area contributed by atoms with Crippen LogP contribution in [-0.2, 0) is 6.42 Å². The third kappa shape index (κ3) is 3.05. The first-order valence-electron chi connectivity index (χ1n) is 6.02. The predicted octanol–water partition coefficient (Wildman–Crippen LogP) is 4.01. The lowest BCUT2D eigenvalue weighted by molar-refractivity contribution is 0.0988. The van der Waals surface area contributed by atoms with E-state index in [4.69, 9.17) is 0 Å². The monoisotopic (exact) mass is 260 g/mol. The molecule has 0 aromatic heterocycles. The molecular formula is C16H14F2O. The number of hydrogen-bond donors (Lipinski definition) is 0. The van der Waals surface area contributed by atoms with E-state index in [9.17, 15) is 13.6 Å². The third-order valence-electron chi connectivity index (χ3n) is 2.99. The van der Waals surface area contributed by atoms with Crippen molar-refractivity contribution in [3.05, 3.63) is 70.3 Å². The molecule has 0 bridgehead atoms. The van der Waals surface area contributed by atoms with Gasteiger partial charge in [-0.1, -0.05) is 18.2 Å². The zero-order valence-electron chi connectivity index (χ0n) is 10.8. The summed E-state index contributed by atoms with van der Waals surface area (Å²) in [6, 6.07) is 8.79. The van der Waals surface area contributed by atoms with E-state index in [2.05, 4.69) is 0 Å². The molecule has 0 saturated carbocycles. The van der Waals surface area contributed by atoms with Gasteiger partial charge in [-0.2, -0.15) is 0 Å². The Bertz CT molecular complexity index is 592. The van der Waals surface area contributed by atoms with E-state index >= 15 is 0 Å². The van der Waals surface area contributed by atoms with Gasteiger partial charge in [0.1, 0.15) is 11.6 Å². The zero-order valence-corrected chi connectivity index (χ0v) is 10.8. The molecule has 3 heteroatoms. The highest BCUT2D eigenvalue weighted by Crippen LogP contribution is 2.18. The quantitative estimate of drug-likeness (QED) is 0.762. The highest BCUT2D eigenvalue weighted by atomic mass is 19.1. The van der Waals surface area contributed by atoms with Gasteiger partial charge < -0.3 is 0 Å².